The van der Waals surface area contributed by atoms with Crippen LogP contribution in [0.1, 0.15) is 32.1 Å². The zero-order chi connectivity index (χ0) is 17.4. The van der Waals surface area contributed by atoms with Crippen molar-refractivity contribution < 1.29 is 0 Å². The fourth-order valence-corrected chi connectivity index (χ4v) is 3.79. The summed E-state index contributed by atoms with van der Waals surface area (Å²) in [6.07, 6.45) is 4.91. The molecule has 10 heteroatoms. The van der Waals surface area contributed by atoms with E-state index in [2.05, 4.69) is 30.6 Å². The third-order valence-corrected chi connectivity index (χ3v) is 4.87. The Morgan fingerprint density at radius 1 is 1.16 bits per heavy atom. The number of anilines is 1. The second kappa shape index (κ2) is 5.99. The molecule has 130 valence electrons. The van der Waals surface area contributed by atoms with Gasteiger partial charge in [0.05, 0.1) is 5.69 Å². The van der Waals surface area contributed by atoms with Gasteiger partial charge in [-0.1, -0.05) is 18.0 Å². The fraction of sp³-hybridized carbons (Fsp3) is 0.400. The van der Waals surface area contributed by atoms with Gasteiger partial charge in [-0.05, 0) is 49.1 Å². The van der Waals surface area contributed by atoms with Crippen LogP contribution in [0.25, 0.3) is 11.4 Å². The lowest BCUT2D eigenvalue weighted by Gasteiger charge is -2.46. The Balaban J connectivity index is 1.90. The molecule has 2 aromatic rings. The van der Waals surface area contributed by atoms with Crippen molar-refractivity contribution in [2.24, 2.45) is 21.5 Å². The van der Waals surface area contributed by atoms with Crippen molar-refractivity contribution in [3.05, 3.63) is 23.2 Å². The molecule has 0 atom stereocenters. The quantitative estimate of drug-likeness (QED) is 0.745. The highest BCUT2D eigenvalue weighted by Crippen LogP contribution is 2.43. The average molecular weight is 360 g/mol. The van der Waals surface area contributed by atoms with E-state index >= 15 is 0 Å². The Morgan fingerprint density at radius 3 is 2.68 bits per heavy atom. The van der Waals surface area contributed by atoms with E-state index < -0.39 is 5.66 Å². The molecule has 25 heavy (non-hydrogen) atoms. The number of rotatable bonds is 2. The maximum atomic E-state index is 6.29. The topological polar surface area (TPSA) is 134 Å². The number of aromatic nitrogens is 4. The smallest absolute Gasteiger partial charge is 0.220 e. The Hall–Kier alpha value is -2.68. The standard InChI is InChI=1S/C15H18ClN9/c16-9-4-5-10(12-21-23-24-22-12)11(8-9)25-14(18)19-13(17)20-15(25)6-2-1-3-7-15/h4-5,8H,1-3,6-7H2,(H4,17,18,19,20)(H,21,22,23,24). The molecule has 1 saturated carbocycles. The summed E-state index contributed by atoms with van der Waals surface area (Å²) in [6.45, 7) is 0. The van der Waals surface area contributed by atoms with Crippen LogP contribution < -0.4 is 16.4 Å². The molecule has 0 bridgehead atoms. The normalized spacial score (nSPS) is 19.6. The van der Waals surface area contributed by atoms with Crippen LogP contribution in [-0.2, 0) is 0 Å². The van der Waals surface area contributed by atoms with E-state index in [0.29, 0.717) is 16.8 Å². The number of guanidine groups is 2. The summed E-state index contributed by atoms with van der Waals surface area (Å²) < 4.78 is 0. The lowest BCUT2D eigenvalue weighted by Crippen LogP contribution is -2.58. The minimum atomic E-state index is -0.558. The average Bonchev–Trinajstić information content (AvgIpc) is 3.09. The van der Waals surface area contributed by atoms with E-state index in [-0.39, 0.29) is 5.96 Å². The van der Waals surface area contributed by atoms with Crippen LogP contribution in [0.15, 0.2) is 28.2 Å². The Labute approximate surface area is 149 Å². The van der Waals surface area contributed by atoms with Crippen LogP contribution in [0.3, 0.4) is 0 Å². The van der Waals surface area contributed by atoms with Gasteiger partial charge in [0.2, 0.25) is 17.7 Å². The summed E-state index contributed by atoms with van der Waals surface area (Å²) in [4.78, 5) is 10.8. The maximum Gasteiger partial charge on any atom is 0.220 e. The third-order valence-electron chi connectivity index (χ3n) is 4.64. The van der Waals surface area contributed by atoms with Gasteiger partial charge in [0, 0.05) is 10.6 Å². The minimum Gasteiger partial charge on any atom is -0.369 e. The monoisotopic (exact) mass is 359 g/mol. The Kier molecular flexibility index (Phi) is 3.79. The number of aromatic amines is 1. The Bertz CT molecular complexity index is 837. The molecule has 0 radical (unpaired) electrons. The van der Waals surface area contributed by atoms with Gasteiger partial charge in [0.1, 0.15) is 5.66 Å². The van der Waals surface area contributed by atoms with E-state index in [1.54, 1.807) is 6.07 Å². The molecular weight excluding hydrogens is 342 g/mol. The van der Waals surface area contributed by atoms with Crippen molar-refractivity contribution in [3.63, 3.8) is 0 Å². The van der Waals surface area contributed by atoms with Gasteiger partial charge in [-0.15, -0.1) is 10.2 Å². The van der Waals surface area contributed by atoms with E-state index in [4.69, 9.17) is 23.1 Å². The van der Waals surface area contributed by atoms with Crippen molar-refractivity contribution in [1.29, 1.82) is 0 Å². The summed E-state index contributed by atoms with van der Waals surface area (Å²) in [5.74, 6) is 0.952. The first-order valence-corrected chi connectivity index (χ1v) is 8.50. The largest absolute Gasteiger partial charge is 0.369 e. The molecule has 0 saturated heterocycles. The van der Waals surface area contributed by atoms with Crippen LogP contribution in [-0.4, -0.2) is 38.2 Å². The van der Waals surface area contributed by atoms with Gasteiger partial charge in [-0.3, -0.25) is 4.90 Å². The molecule has 1 aromatic heterocycles. The van der Waals surface area contributed by atoms with Gasteiger partial charge in [0.25, 0.3) is 0 Å². The highest BCUT2D eigenvalue weighted by Gasteiger charge is 2.43. The second-order valence-corrected chi connectivity index (χ2v) is 6.65. The number of hydrogen-bond acceptors (Lipinski definition) is 8. The molecular formula is C15H18ClN9. The van der Waals surface area contributed by atoms with Crippen LogP contribution in [0.2, 0.25) is 5.02 Å². The molecule has 0 amide bonds. The van der Waals surface area contributed by atoms with E-state index in [1.807, 2.05) is 17.0 Å². The molecule has 2 heterocycles. The number of nitrogens with two attached hydrogens (primary N) is 2. The van der Waals surface area contributed by atoms with Crippen LogP contribution in [0.5, 0.6) is 0 Å². The molecule has 2 aliphatic rings. The fourth-order valence-electron chi connectivity index (χ4n) is 3.62. The molecule has 1 fully saturated rings. The minimum absolute atomic E-state index is 0.207. The number of halogens is 1. The third kappa shape index (κ3) is 2.70. The summed E-state index contributed by atoms with van der Waals surface area (Å²) in [7, 11) is 0. The number of aliphatic imine (C=N–C) groups is 2. The van der Waals surface area contributed by atoms with Gasteiger partial charge in [-0.25, -0.2) is 4.99 Å². The van der Waals surface area contributed by atoms with Gasteiger partial charge >= 0.3 is 0 Å². The van der Waals surface area contributed by atoms with Gasteiger partial charge in [0.15, 0.2) is 0 Å². The predicted molar refractivity (Wildman–Crippen MR) is 96.2 cm³/mol. The number of nitrogens with one attached hydrogen (secondary N) is 1. The number of nitrogens with zero attached hydrogens (tertiary/aromatic N) is 6. The van der Waals surface area contributed by atoms with Gasteiger partial charge in [-0.2, -0.15) is 10.2 Å². The lowest BCUT2D eigenvalue weighted by atomic mass is 9.87. The molecule has 1 aromatic carbocycles. The molecule has 4 rings (SSSR count). The van der Waals surface area contributed by atoms with E-state index in [1.165, 1.54) is 0 Å². The van der Waals surface area contributed by atoms with Crippen molar-refractivity contribution in [3.8, 4) is 11.4 Å². The predicted octanol–water partition coefficient (Wildman–Crippen LogP) is 1.63. The molecule has 1 spiro atoms. The first kappa shape index (κ1) is 15.8. The van der Waals surface area contributed by atoms with Crippen molar-refractivity contribution in [1.82, 2.24) is 20.6 Å². The van der Waals surface area contributed by atoms with Crippen LogP contribution >= 0.6 is 11.6 Å². The molecule has 1 aliphatic heterocycles. The highest BCUT2D eigenvalue weighted by molar-refractivity contribution is 6.31. The zero-order valence-electron chi connectivity index (χ0n) is 13.5. The summed E-state index contributed by atoms with van der Waals surface area (Å²) in [5, 5.41) is 14.9. The van der Waals surface area contributed by atoms with Crippen LogP contribution in [0.4, 0.5) is 5.69 Å². The SMILES string of the molecule is NC1=NC2(CCCCC2)N(c2cc(Cl)ccc2-c2nn[nH]n2)C(N)=N1. The second-order valence-electron chi connectivity index (χ2n) is 6.22. The lowest BCUT2D eigenvalue weighted by molar-refractivity contribution is 0.305. The van der Waals surface area contributed by atoms with Crippen molar-refractivity contribution in [2.45, 2.75) is 37.8 Å². The molecule has 1 aliphatic carbocycles. The van der Waals surface area contributed by atoms with E-state index in [0.717, 1.165) is 43.4 Å². The Morgan fingerprint density at radius 2 is 1.96 bits per heavy atom. The number of hydrogen-bond donors (Lipinski definition) is 3. The molecule has 5 N–H and O–H groups in total. The first-order chi connectivity index (χ1) is 12.1. The summed E-state index contributed by atoms with van der Waals surface area (Å²) in [6, 6.07) is 5.44. The summed E-state index contributed by atoms with van der Waals surface area (Å²) in [5.41, 5.74) is 13.1. The van der Waals surface area contributed by atoms with Crippen molar-refractivity contribution in [2.75, 3.05) is 4.90 Å². The molecule has 9 nitrogen and oxygen atoms in total. The van der Waals surface area contributed by atoms with E-state index in [9.17, 15) is 0 Å². The highest BCUT2D eigenvalue weighted by atomic mass is 35.5. The maximum absolute atomic E-state index is 6.29. The van der Waals surface area contributed by atoms with Crippen LogP contribution in [0, 0.1) is 0 Å². The summed E-state index contributed by atoms with van der Waals surface area (Å²) >= 11 is 6.27. The number of tetrazole rings is 1. The number of H-pyrrole nitrogens is 1. The van der Waals surface area contributed by atoms with Gasteiger partial charge < -0.3 is 11.5 Å². The number of benzene rings is 1. The van der Waals surface area contributed by atoms with Crippen molar-refractivity contribution >= 4 is 29.2 Å². The molecule has 0 unspecified atom stereocenters. The first-order valence-electron chi connectivity index (χ1n) is 8.12. The zero-order valence-corrected chi connectivity index (χ0v) is 14.2.